The zero-order chi connectivity index (χ0) is 24.7. The Hall–Kier alpha value is -3.74. The van der Waals surface area contributed by atoms with Crippen molar-refractivity contribution in [3.63, 3.8) is 0 Å². The summed E-state index contributed by atoms with van der Waals surface area (Å²) in [5.74, 6) is -2.87. The summed E-state index contributed by atoms with van der Waals surface area (Å²) in [6, 6.07) is 4.93. The van der Waals surface area contributed by atoms with E-state index in [1.807, 2.05) is 0 Å². The highest BCUT2D eigenvalue weighted by Crippen LogP contribution is 2.31. The van der Waals surface area contributed by atoms with Crippen LogP contribution in [0.3, 0.4) is 0 Å². The van der Waals surface area contributed by atoms with E-state index in [4.69, 9.17) is 28.4 Å². The smallest absolute Gasteiger partial charge is 0.303 e. The maximum atomic E-state index is 11.8. The van der Waals surface area contributed by atoms with Crippen LogP contribution in [0.1, 0.15) is 27.7 Å². The molecule has 13 nitrogen and oxygen atoms in total. The van der Waals surface area contributed by atoms with Crippen LogP contribution in [0.15, 0.2) is 24.3 Å². The lowest BCUT2D eigenvalue weighted by Crippen LogP contribution is -2.63. The Morgan fingerprint density at radius 3 is 1.85 bits per heavy atom. The molecule has 180 valence electrons. The summed E-state index contributed by atoms with van der Waals surface area (Å²) in [4.78, 5) is 56.8. The Balaban J connectivity index is 2.43. The molecule has 1 unspecified atom stereocenters. The molecule has 0 bridgehead atoms. The van der Waals surface area contributed by atoms with Gasteiger partial charge in [0.05, 0.1) is 4.92 Å². The van der Waals surface area contributed by atoms with Gasteiger partial charge in [0.25, 0.3) is 5.69 Å². The summed E-state index contributed by atoms with van der Waals surface area (Å²) in [5, 5.41) is 10.9. The highest BCUT2D eigenvalue weighted by molar-refractivity contribution is 5.68. The van der Waals surface area contributed by atoms with Gasteiger partial charge < -0.3 is 28.4 Å². The molecule has 1 saturated heterocycles. The predicted molar refractivity (Wildman–Crippen MR) is 106 cm³/mol. The normalized spacial score (nSPS) is 24.2. The third kappa shape index (κ3) is 7.42. The van der Waals surface area contributed by atoms with E-state index in [0.29, 0.717) is 0 Å². The van der Waals surface area contributed by atoms with Gasteiger partial charge >= 0.3 is 23.9 Å². The van der Waals surface area contributed by atoms with E-state index in [1.54, 1.807) is 0 Å². The molecule has 13 heteroatoms. The van der Waals surface area contributed by atoms with E-state index in [2.05, 4.69) is 0 Å². The van der Waals surface area contributed by atoms with Crippen LogP contribution in [0.25, 0.3) is 0 Å². The van der Waals surface area contributed by atoms with E-state index in [9.17, 15) is 29.3 Å². The molecule has 0 aliphatic carbocycles. The van der Waals surface area contributed by atoms with E-state index in [1.165, 1.54) is 24.3 Å². The van der Waals surface area contributed by atoms with Gasteiger partial charge in [-0.1, -0.05) is 0 Å². The van der Waals surface area contributed by atoms with Gasteiger partial charge in [0.2, 0.25) is 12.4 Å². The SMILES string of the molecule is CC(=O)OCC1O[C@H](Oc2ccc([N+](=O)[O-])cc2)[C@@H](OC(C)=O)[C@@H](OC(C)=O)[C@@H]1OC(C)=O. The fourth-order valence-corrected chi connectivity index (χ4v) is 3.06. The van der Waals surface area contributed by atoms with Gasteiger partial charge in [-0.3, -0.25) is 29.3 Å². The largest absolute Gasteiger partial charge is 0.463 e. The minimum Gasteiger partial charge on any atom is -0.463 e. The number of carbonyl (C=O) groups excluding carboxylic acids is 4. The van der Waals surface area contributed by atoms with Crippen molar-refractivity contribution in [2.24, 2.45) is 0 Å². The molecule has 2 rings (SSSR count). The van der Waals surface area contributed by atoms with Crippen LogP contribution in [-0.4, -0.2) is 66.1 Å². The molecule has 33 heavy (non-hydrogen) atoms. The number of esters is 4. The number of nitro groups is 1. The van der Waals surface area contributed by atoms with Crippen LogP contribution in [0.2, 0.25) is 0 Å². The van der Waals surface area contributed by atoms with Crippen LogP contribution in [-0.2, 0) is 42.9 Å². The van der Waals surface area contributed by atoms with Gasteiger partial charge in [-0.15, -0.1) is 0 Å². The van der Waals surface area contributed by atoms with E-state index >= 15 is 0 Å². The molecule has 0 spiro atoms. The lowest BCUT2D eigenvalue weighted by molar-refractivity contribution is -0.384. The average Bonchev–Trinajstić information content (AvgIpc) is 2.70. The summed E-state index contributed by atoms with van der Waals surface area (Å²) < 4.78 is 32.3. The second kappa shape index (κ2) is 11.2. The van der Waals surface area contributed by atoms with Crippen molar-refractivity contribution in [3.05, 3.63) is 34.4 Å². The van der Waals surface area contributed by atoms with Gasteiger partial charge in [-0.05, 0) is 12.1 Å². The summed E-state index contributed by atoms with van der Waals surface area (Å²) in [5.41, 5.74) is -0.191. The van der Waals surface area contributed by atoms with Crippen molar-refractivity contribution < 1.29 is 52.5 Å². The Labute approximate surface area is 188 Å². The molecular formula is C20H23NO12. The molecule has 1 aliphatic heterocycles. The topological polar surface area (TPSA) is 167 Å². The lowest BCUT2D eigenvalue weighted by Gasteiger charge is -2.43. The maximum Gasteiger partial charge on any atom is 0.303 e. The third-order valence-corrected chi connectivity index (χ3v) is 4.25. The number of benzene rings is 1. The summed E-state index contributed by atoms with van der Waals surface area (Å²) in [6.45, 7) is 4.05. The Morgan fingerprint density at radius 1 is 0.848 bits per heavy atom. The van der Waals surface area contributed by atoms with Crippen LogP contribution >= 0.6 is 0 Å². The monoisotopic (exact) mass is 469 g/mol. The minimum atomic E-state index is -1.42. The van der Waals surface area contributed by atoms with Crippen molar-refractivity contribution in [2.75, 3.05) is 6.61 Å². The number of ether oxygens (including phenoxy) is 6. The zero-order valence-corrected chi connectivity index (χ0v) is 18.2. The molecule has 1 fully saturated rings. The van der Waals surface area contributed by atoms with Crippen LogP contribution in [0.5, 0.6) is 5.75 Å². The first-order valence-electron chi connectivity index (χ1n) is 9.69. The molecule has 0 amide bonds. The first kappa shape index (κ1) is 25.5. The zero-order valence-electron chi connectivity index (χ0n) is 18.2. The van der Waals surface area contributed by atoms with Crippen molar-refractivity contribution in [1.82, 2.24) is 0 Å². The lowest BCUT2D eigenvalue weighted by atomic mass is 9.98. The quantitative estimate of drug-likeness (QED) is 0.230. The number of carbonyl (C=O) groups is 4. The van der Waals surface area contributed by atoms with E-state index in [-0.39, 0.29) is 11.4 Å². The molecule has 1 aliphatic rings. The summed E-state index contributed by atoms with van der Waals surface area (Å²) in [6.07, 6.45) is -6.69. The fraction of sp³-hybridized carbons (Fsp3) is 0.500. The van der Waals surface area contributed by atoms with Crippen LogP contribution in [0, 0.1) is 10.1 Å². The van der Waals surface area contributed by atoms with Gasteiger partial charge in [-0.25, -0.2) is 0 Å². The number of hydrogen-bond donors (Lipinski definition) is 0. The molecule has 0 aromatic heterocycles. The second-order valence-electron chi connectivity index (χ2n) is 6.94. The second-order valence-corrected chi connectivity index (χ2v) is 6.94. The molecule has 0 N–H and O–H groups in total. The first-order valence-corrected chi connectivity index (χ1v) is 9.69. The molecule has 1 aromatic rings. The number of hydrogen-bond acceptors (Lipinski definition) is 12. The average molecular weight is 469 g/mol. The van der Waals surface area contributed by atoms with E-state index in [0.717, 1.165) is 27.7 Å². The highest BCUT2D eigenvalue weighted by atomic mass is 16.7. The van der Waals surface area contributed by atoms with Crippen molar-refractivity contribution in [1.29, 1.82) is 0 Å². The standard InChI is InChI=1S/C20H23NO12/c1-10(22)28-9-16-17(29-11(2)23)18(30-12(3)24)19(31-13(4)25)20(33-16)32-15-7-5-14(6-8-15)21(26)27/h5-8,16-20H,9H2,1-4H3/t16?,17-,18+,19+,20+/m1/s1. The molecule has 0 saturated carbocycles. The molecule has 5 atom stereocenters. The minimum absolute atomic E-state index is 0.0986. The molecule has 1 aromatic carbocycles. The Bertz CT molecular complexity index is 899. The number of nitro benzene ring substituents is 1. The van der Waals surface area contributed by atoms with Gasteiger partial charge in [0, 0.05) is 39.8 Å². The number of nitrogens with zero attached hydrogens (tertiary/aromatic N) is 1. The molecule has 0 radical (unpaired) electrons. The fourth-order valence-electron chi connectivity index (χ4n) is 3.06. The Morgan fingerprint density at radius 2 is 1.36 bits per heavy atom. The maximum absolute atomic E-state index is 11.8. The first-order chi connectivity index (χ1) is 15.5. The highest BCUT2D eigenvalue weighted by Gasteiger charge is 2.53. The summed E-state index contributed by atoms with van der Waals surface area (Å²) in [7, 11) is 0. The van der Waals surface area contributed by atoms with Crippen molar-refractivity contribution in [2.45, 2.75) is 58.4 Å². The van der Waals surface area contributed by atoms with Crippen LogP contribution < -0.4 is 4.74 Å². The van der Waals surface area contributed by atoms with Crippen LogP contribution in [0.4, 0.5) is 5.69 Å². The van der Waals surface area contributed by atoms with Gasteiger partial charge in [-0.2, -0.15) is 0 Å². The number of rotatable bonds is 8. The summed E-state index contributed by atoms with van der Waals surface area (Å²) >= 11 is 0. The number of non-ortho nitro benzene ring substituents is 1. The third-order valence-electron chi connectivity index (χ3n) is 4.25. The Kier molecular flexibility index (Phi) is 8.68. The van der Waals surface area contributed by atoms with Gasteiger partial charge in [0.1, 0.15) is 18.5 Å². The van der Waals surface area contributed by atoms with Crippen molar-refractivity contribution >= 4 is 29.6 Å². The molecule has 1 heterocycles. The van der Waals surface area contributed by atoms with E-state index < -0.39 is 66.1 Å². The predicted octanol–water partition coefficient (Wildman–Crippen LogP) is 1.06. The van der Waals surface area contributed by atoms with Gasteiger partial charge in [0.15, 0.2) is 12.2 Å². The van der Waals surface area contributed by atoms with Crippen molar-refractivity contribution in [3.8, 4) is 5.75 Å². The molecular weight excluding hydrogens is 446 g/mol.